The summed E-state index contributed by atoms with van der Waals surface area (Å²) in [6.45, 7) is 1.92. The monoisotopic (exact) mass is 226 g/mol. The van der Waals surface area contributed by atoms with E-state index in [1.54, 1.807) is 0 Å². The second-order valence-electron chi connectivity index (χ2n) is 5.26. The zero-order valence-corrected chi connectivity index (χ0v) is 9.98. The number of likely N-dealkylation sites (tertiary alicyclic amines) is 1. The highest BCUT2D eigenvalue weighted by molar-refractivity contribution is 5.79. The van der Waals surface area contributed by atoms with E-state index >= 15 is 0 Å². The van der Waals surface area contributed by atoms with Crippen LogP contribution in [-0.2, 0) is 4.79 Å². The predicted octanol–water partition coefficient (Wildman–Crippen LogP) is 0.358. The molecule has 1 saturated heterocycles. The van der Waals surface area contributed by atoms with Crippen LogP contribution in [0.15, 0.2) is 0 Å². The lowest BCUT2D eigenvalue weighted by molar-refractivity contribution is -0.125. The van der Waals surface area contributed by atoms with E-state index in [0.29, 0.717) is 6.04 Å². The minimum absolute atomic E-state index is 0.147. The van der Waals surface area contributed by atoms with E-state index < -0.39 is 0 Å². The van der Waals surface area contributed by atoms with Crippen molar-refractivity contribution in [3.63, 3.8) is 0 Å². The van der Waals surface area contributed by atoms with Crippen LogP contribution in [0.3, 0.4) is 0 Å². The molecule has 0 radical (unpaired) electrons. The van der Waals surface area contributed by atoms with Gasteiger partial charge in [0.05, 0.1) is 12.0 Å². The molecule has 0 bridgehead atoms. The fourth-order valence-electron chi connectivity index (χ4n) is 2.69. The van der Waals surface area contributed by atoms with Gasteiger partial charge in [-0.25, -0.2) is 0 Å². The maximum atomic E-state index is 11.9. The average molecular weight is 226 g/mol. The molecular formula is C12H22N2O2. The standard InChI is InChI=1S/C12H22N2O2/c1-14-7-6-9(8-14)12(16)13-10-2-4-11(15)5-3-10/h9-11,15H,2-8H2,1H3,(H,13,16). The lowest BCUT2D eigenvalue weighted by Gasteiger charge is -2.27. The fraction of sp³-hybridized carbons (Fsp3) is 0.917. The Kier molecular flexibility index (Phi) is 3.82. The van der Waals surface area contributed by atoms with Crippen molar-refractivity contribution in [2.24, 2.45) is 5.92 Å². The number of rotatable bonds is 2. The van der Waals surface area contributed by atoms with Crippen molar-refractivity contribution in [3.05, 3.63) is 0 Å². The van der Waals surface area contributed by atoms with Crippen molar-refractivity contribution in [1.29, 1.82) is 0 Å². The summed E-state index contributed by atoms with van der Waals surface area (Å²) < 4.78 is 0. The molecule has 0 aromatic rings. The molecule has 1 amide bonds. The van der Waals surface area contributed by atoms with E-state index in [4.69, 9.17) is 0 Å². The van der Waals surface area contributed by atoms with Crippen LogP contribution >= 0.6 is 0 Å². The van der Waals surface area contributed by atoms with Crippen molar-refractivity contribution in [1.82, 2.24) is 10.2 Å². The third-order valence-corrected chi connectivity index (χ3v) is 3.81. The van der Waals surface area contributed by atoms with Gasteiger partial charge in [-0.3, -0.25) is 4.79 Å². The van der Waals surface area contributed by atoms with E-state index in [-0.39, 0.29) is 17.9 Å². The minimum Gasteiger partial charge on any atom is -0.393 e. The quantitative estimate of drug-likeness (QED) is 0.715. The number of carbonyl (C=O) groups excluding carboxylic acids is 1. The number of nitrogens with one attached hydrogen (secondary N) is 1. The van der Waals surface area contributed by atoms with Crippen molar-refractivity contribution >= 4 is 5.91 Å². The van der Waals surface area contributed by atoms with Crippen LogP contribution in [0.2, 0.25) is 0 Å². The first-order valence-corrected chi connectivity index (χ1v) is 6.32. The number of hydrogen-bond acceptors (Lipinski definition) is 3. The van der Waals surface area contributed by atoms with E-state index in [0.717, 1.165) is 45.2 Å². The van der Waals surface area contributed by atoms with Gasteiger partial charge >= 0.3 is 0 Å². The summed E-state index contributed by atoms with van der Waals surface area (Å²) in [4.78, 5) is 14.1. The number of amides is 1. The Balaban J connectivity index is 1.75. The van der Waals surface area contributed by atoms with Crippen LogP contribution in [0, 0.1) is 5.92 Å². The Hall–Kier alpha value is -0.610. The summed E-state index contributed by atoms with van der Waals surface area (Å²) in [5.74, 6) is 0.391. The Bertz CT molecular complexity index is 249. The summed E-state index contributed by atoms with van der Waals surface area (Å²) in [5, 5.41) is 12.5. The maximum absolute atomic E-state index is 11.9. The van der Waals surface area contributed by atoms with E-state index in [2.05, 4.69) is 17.3 Å². The first-order valence-electron chi connectivity index (χ1n) is 6.32. The third kappa shape index (κ3) is 2.95. The molecule has 92 valence electrons. The van der Waals surface area contributed by atoms with Gasteiger partial charge in [-0.1, -0.05) is 0 Å². The molecule has 1 heterocycles. The molecule has 2 fully saturated rings. The topological polar surface area (TPSA) is 52.6 Å². The van der Waals surface area contributed by atoms with Crippen LogP contribution < -0.4 is 5.32 Å². The van der Waals surface area contributed by atoms with Crippen LogP contribution in [0.5, 0.6) is 0 Å². The van der Waals surface area contributed by atoms with Gasteiger partial charge < -0.3 is 15.3 Å². The molecule has 0 spiro atoms. The van der Waals surface area contributed by atoms with Crippen molar-refractivity contribution < 1.29 is 9.90 Å². The van der Waals surface area contributed by atoms with Gasteiger partial charge in [0.15, 0.2) is 0 Å². The first kappa shape index (κ1) is 11.9. The zero-order valence-electron chi connectivity index (χ0n) is 9.98. The van der Waals surface area contributed by atoms with Crippen LogP contribution in [-0.4, -0.2) is 48.2 Å². The number of carbonyl (C=O) groups is 1. The first-order chi connectivity index (χ1) is 7.65. The molecule has 2 aliphatic rings. The summed E-state index contributed by atoms with van der Waals surface area (Å²) in [5.41, 5.74) is 0. The largest absolute Gasteiger partial charge is 0.393 e. The highest BCUT2D eigenvalue weighted by Gasteiger charge is 2.28. The summed E-state index contributed by atoms with van der Waals surface area (Å²) in [6, 6.07) is 0.293. The number of aliphatic hydroxyl groups is 1. The minimum atomic E-state index is -0.147. The van der Waals surface area contributed by atoms with Gasteiger partial charge in [-0.05, 0) is 45.7 Å². The van der Waals surface area contributed by atoms with Gasteiger partial charge in [-0.15, -0.1) is 0 Å². The molecule has 16 heavy (non-hydrogen) atoms. The second kappa shape index (κ2) is 5.15. The van der Waals surface area contributed by atoms with Gasteiger partial charge in [0, 0.05) is 12.6 Å². The average Bonchev–Trinajstić information content (AvgIpc) is 2.68. The third-order valence-electron chi connectivity index (χ3n) is 3.81. The SMILES string of the molecule is CN1CCC(C(=O)NC2CCC(O)CC2)C1. The normalized spacial score (nSPS) is 36.2. The number of nitrogens with zero attached hydrogens (tertiary/aromatic N) is 1. The molecule has 2 N–H and O–H groups in total. The zero-order chi connectivity index (χ0) is 11.5. The lowest BCUT2D eigenvalue weighted by atomic mass is 9.92. The summed E-state index contributed by atoms with van der Waals surface area (Å²) in [6.07, 6.45) is 4.35. The smallest absolute Gasteiger partial charge is 0.224 e. The van der Waals surface area contributed by atoms with Crippen molar-refractivity contribution in [3.8, 4) is 0 Å². The van der Waals surface area contributed by atoms with Gasteiger partial charge in [0.2, 0.25) is 5.91 Å². The Morgan fingerprint density at radius 3 is 2.50 bits per heavy atom. The molecule has 1 aliphatic heterocycles. The van der Waals surface area contributed by atoms with Crippen molar-refractivity contribution in [2.45, 2.75) is 44.2 Å². The molecule has 0 aromatic heterocycles. The molecular weight excluding hydrogens is 204 g/mol. The van der Waals surface area contributed by atoms with E-state index in [1.807, 2.05) is 0 Å². The van der Waals surface area contributed by atoms with Crippen molar-refractivity contribution in [2.75, 3.05) is 20.1 Å². The Labute approximate surface area is 97.0 Å². The molecule has 1 unspecified atom stereocenters. The molecule has 1 saturated carbocycles. The Morgan fingerprint density at radius 1 is 1.25 bits per heavy atom. The molecule has 1 atom stereocenters. The molecule has 0 aromatic carbocycles. The Morgan fingerprint density at radius 2 is 1.94 bits per heavy atom. The van der Waals surface area contributed by atoms with E-state index in [9.17, 15) is 9.90 Å². The fourth-order valence-corrected chi connectivity index (χ4v) is 2.69. The lowest BCUT2D eigenvalue weighted by Crippen LogP contribution is -2.42. The van der Waals surface area contributed by atoms with Gasteiger partial charge in [-0.2, -0.15) is 0 Å². The molecule has 2 rings (SSSR count). The molecule has 1 aliphatic carbocycles. The highest BCUT2D eigenvalue weighted by atomic mass is 16.3. The summed E-state index contributed by atoms with van der Waals surface area (Å²) >= 11 is 0. The van der Waals surface area contributed by atoms with Crippen LogP contribution in [0.1, 0.15) is 32.1 Å². The van der Waals surface area contributed by atoms with Crippen LogP contribution in [0.25, 0.3) is 0 Å². The molecule has 4 nitrogen and oxygen atoms in total. The van der Waals surface area contributed by atoms with Gasteiger partial charge in [0.25, 0.3) is 0 Å². The van der Waals surface area contributed by atoms with Crippen LogP contribution in [0.4, 0.5) is 0 Å². The van der Waals surface area contributed by atoms with Gasteiger partial charge in [0.1, 0.15) is 0 Å². The highest BCUT2D eigenvalue weighted by Crippen LogP contribution is 2.20. The predicted molar refractivity (Wildman–Crippen MR) is 62.0 cm³/mol. The number of aliphatic hydroxyl groups excluding tert-OH is 1. The second-order valence-corrected chi connectivity index (χ2v) is 5.26. The van der Waals surface area contributed by atoms with E-state index in [1.165, 1.54) is 0 Å². The number of hydrogen-bond donors (Lipinski definition) is 2. The molecule has 4 heteroatoms. The maximum Gasteiger partial charge on any atom is 0.224 e. The summed E-state index contributed by atoms with van der Waals surface area (Å²) in [7, 11) is 2.06.